The van der Waals surface area contributed by atoms with E-state index < -0.39 is 0 Å². The largest absolute Gasteiger partial charge is 0.375 e. The average Bonchev–Trinajstić information content (AvgIpc) is 2.18. The van der Waals surface area contributed by atoms with Crippen LogP contribution in [-0.2, 0) is 5.33 Å². The van der Waals surface area contributed by atoms with Gasteiger partial charge in [-0.3, -0.25) is 0 Å². The van der Waals surface area contributed by atoms with Gasteiger partial charge in [-0.1, -0.05) is 28.9 Å². The van der Waals surface area contributed by atoms with Crippen molar-refractivity contribution in [2.24, 2.45) is 0 Å². The van der Waals surface area contributed by atoms with Gasteiger partial charge in [-0.15, -0.1) is 0 Å². The SMILES string of the molecule is CCCN(C)c1ccc(CBr)c(C)c1. The fourth-order valence-electron chi connectivity index (χ4n) is 1.53. The van der Waals surface area contributed by atoms with Gasteiger partial charge in [0.25, 0.3) is 0 Å². The van der Waals surface area contributed by atoms with E-state index in [1.807, 2.05) is 0 Å². The molecular formula is C12H18BrN. The van der Waals surface area contributed by atoms with Crippen LogP contribution in [-0.4, -0.2) is 13.6 Å². The number of halogens is 1. The minimum atomic E-state index is 0.941. The normalized spacial score (nSPS) is 10.3. The lowest BCUT2D eigenvalue weighted by molar-refractivity contribution is 0.851. The van der Waals surface area contributed by atoms with E-state index in [1.165, 1.54) is 23.2 Å². The number of benzene rings is 1. The Hall–Kier alpha value is -0.500. The Morgan fingerprint density at radius 1 is 1.36 bits per heavy atom. The van der Waals surface area contributed by atoms with Crippen molar-refractivity contribution < 1.29 is 0 Å². The highest BCUT2D eigenvalue weighted by molar-refractivity contribution is 9.08. The van der Waals surface area contributed by atoms with E-state index in [1.54, 1.807) is 0 Å². The zero-order valence-corrected chi connectivity index (χ0v) is 10.8. The lowest BCUT2D eigenvalue weighted by Crippen LogP contribution is -2.17. The first-order valence-electron chi connectivity index (χ1n) is 5.05. The van der Waals surface area contributed by atoms with Gasteiger partial charge in [0.15, 0.2) is 0 Å². The summed E-state index contributed by atoms with van der Waals surface area (Å²) in [5.41, 5.74) is 4.05. The number of rotatable bonds is 4. The van der Waals surface area contributed by atoms with E-state index in [9.17, 15) is 0 Å². The smallest absolute Gasteiger partial charge is 0.0366 e. The molecule has 1 aromatic carbocycles. The van der Waals surface area contributed by atoms with Crippen molar-refractivity contribution >= 4 is 21.6 Å². The van der Waals surface area contributed by atoms with Crippen LogP contribution >= 0.6 is 15.9 Å². The van der Waals surface area contributed by atoms with Crippen LogP contribution in [0.4, 0.5) is 5.69 Å². The van der Waals surface area contributed by atoms with Crippen LogP contribution in [0.5, 0.6) is 0 Å². The Balaban J connectivity index is 2.85. The number of aryl methyl sites for hydroxylation is 1. The molecule has 0 saturated heterocycles. The van der Waals surface area contributed by atoms with Crippen molar-refractivity contribution in [2.75, 3.05) is 18.5 Å². The van der Waals surface area contributed by atoms with Crippen LogP contribution in [0.3, 0.4) is 0 Å². The lowest BCUT2D eigenvalue weighted by atomic mass is 10.1. The van der Waals surface area contributed by atoms with Gasteiger partial charge in [0.2, 0.25) is 0 Å². The fraction of sp³-hybridized carbons (Fsp3) is 0.500. The summed E-state index contributed by atoms with van der Waals surface area (Å²) in [6.07, 6.45) is 1.19. The molecule has 0 heterocycles. The van der Waals surface area contributed by atoms with Gasteiger partial charge >= 0.3 is 0 Å². The van der Waals surface area contributed by atoms with E-state index >= 15 is 0 Å². The number of nitrogens with zero attached hydrogens (tertiary/aromatic N) is 1. The van der Waals surface area contributed by atoms with Gasteiger partial charge in [0.05, 0.1) is 0 Å². The maximum Gasteiger partial charge on any atom is 0.0366 e. The van der Waals surface area contributed by atoms with Gasteiger partial charge in [-0.05, 0) is 36.6 Å². The Morgan fingerprint density at radius 2 is 2.07 bits per heavy atom. The zero-order chi connectivity index (χ0) is 10.6. The summed E-state index contributed by atoms with van der Waals surface area (Å²) in [5.74, 6) is 0. The van der Waals surface area contributed by atoms with Crippen LogP contribution in [0.2, 0.25) is 0 Å². The molecule has 0 fully saturated rings. The zero-order valence-electron chi connectivity index (χ0n) is 9.18. The Bertz CT molecular complexity index is 296. The number of hydrogen-bond acceptors (Lipinski definition) is 1. The molecule has 0 aliphatic carbocycles. The van der Waals surface area contributed by atoms with Crippen LogP contribution < -0.4 is 4.90 Å². The monoisotopic (exact) mass is 255 g/mol. The fourth-order valence-corrected chi connectivity index (χ4v) is 2.16. The second-order valence-electron chi connectivity index (χ2n) is 3.67. The van der Waals surface area contributed by atoms with Crippen LogP contribution in [0.1, 0.15) is 24.5 Å². The summed E-state index contributed by atoms with van der Waals surface area (Å²) >= 11 is 3.49. The molecule has 0 atom stereocenters. The maximum atomic E-state index is 3.49. The standard InChI is InChI=1S/C12H18BrN/c1-4-7-14(3)12-6-5-11(9-13)10(2)8-12/h5-6,8H,4,7,9H2,1-3H3. The first kappa shape index (κ1) is 11.6. The molecule has 0 spiro atoms. The molecule has 0 amide bonds. The summed E-state index contributed by atoms with van der Waals surface area (Å²) in [6.45, 7) is 5.49. The summed E-state index contributed by atoms with van der Waals surface area (Å²) < 4.78 is 0. The number of alkyl halides is 1. The summed E-state index contributed by atoms with van der Waals surface area (Å²) in [6, 6.07) is 6.65. The number of anilines is 1. The third-order valence-corrected chi connectivity index (χ3v) is 3.07. The molecular weight excluding hydrogens is 238 g/mol. The van der Waals surface area contributed by atoms with E-state index in [2.05, 4.69) is 59.9 Å². The molecule has 0 N–H and O–H groups in total. The molecule has 2 heteroatoms. The lowest BCUT2D eigenvalue weighted by Gasteiger charge is -2.19. The quantitative estimate of drug-likeness (QED) is 0.742. The Kier molecular flexibility index (Phi) is 4.46. The predicted molar refractivity (Wildman–Crippen MR) is 67.4 cm³/mol. The molecule has 0 aliphatic heterocycles. The summed E-state index contributed by atoms with van der Waals surface area (Å²) in [5, 5.41) is 0.941. The van der Waals surface area contributed by atoms with Gasteiger partial charge in [-0.25, -0.2) is 0 Å². The second kappa shape index (κ2) is 5.40. The molecule has 0 aliphatic rings. The van der Waals surface area contributed by atoms with Crippen LogP contribution in [0, 0.1) is 6.92 Å². The first-order valence-corrected chi connectivity index (χ1v) is 6.17. The maximum absolute atomic E-state index is 3.49. The van der Waals surface area contributed by atoms with Gasteiger partial charge < -0.3 is 4.90 Å². The van der Waals surface area contributed by atoms with Crippen molar-refractivity contribution in [3.8, 4) is 0 Å². The highest BCUT2D eigenvalue weighted by Crippen LogP contribution is 2.19. The highest BCUT2D eigenvalue weighted by Gasteiger charge is 2.02. The summed E-state index contributed by atoms with van der Waals surface area (Å²) in [7, 11) is 2.14. The predicted octanol–water partition coefficient (Wildman–Crippen LogP) is 3.74. The molecule has 1 nitrogen and oxygen atoms in total. The third kappa shape index (κ3) is 2.74. The Labute approximate surface area is 95.2 Å². The highest BCUT2D eigenvalue weighted by atomic mass is 79.9. The van der Waals surface area contributed by atoms with Gasteiger partial charge in [0.1, 0.15) is 0 Å². The molecule has 0 bridgehead atoms. The molecule has 0 aromatic heterocycles. The van der Waals surface area contributed by atoms with Crippen molar-refractivity contribution in [3.05, 3.63) is 29.3 Å². The third-order valence-electron chi connectivity index (χ3n) is 2.47. The van der Waals surface area contributed by atoms with Crippen LogP contribution in [0.25, 0.3) is 0 Å². The Morgan fingerprint density at radius 3 is 2.57 bits per heavy atom. The van der Waals surface area contributed by atoms with Crippen molar-refractivity contribution in [2.45, 2.75) is 25.6 Å². The second-order valence-corrected chi connectivity index (χ2v) is 4.23. The van der Waals surface area contributed by atoms with Crippen molar-refractivity contribution in [3.63, 3.8) is 0 Å². The first-order chi connectivity index (χ1) is 6.69. The van der Waals surface area contributed by atoms with Crippen molar-refractivity contribution in [1.82, 2.24) is 0 Å². The minimum Gasteiger partial charge on any atom is -0.375 e. The average molecular weight is 256 g/mol. The van der Waals surface area contributed by atoms with E-state index in [0.717, 1.165) is 11.9 Å². The molecule has 0 saturated carbocycles. The van der Waals surface area contributed by atoms with E-state index in [0.29, 0.717) is 0 Å². The van der Waals surface area contributed by atoms with Gasteiger partial charge in [0, 0.05) is 24.6 Å². The summed E-state index contributed by atoms with van der Waals surface area (Å²) in [4.78, 5) is 2.30. The van der Waals surface area contributed by atoms with Gasteiger partial charge in [-0.2, -0.15) is 0 Å². The molecule has 14 heavy (non-hydrogen) atoms. The van der Waals surface area contributed by atoms with E-state index in [4.69, 9.17) is 0 Å². The minimum absolute atomic E-state index is 0.941. The van der Waals surface area contributed by atoms with E-state index in [-0.39, 0.29) is 0 Å². The topological polar surface area (TPSA) is 3.24 Å². The van der Waals surface area contributed by atoms with Crippen LogP contribution in [0.15, 0.2) is 18.2 Å². The molecule has 1 rings (SSSR count). The molecule has 0 unspecified atom stereocenters. The van der Waals surface area contributed by atoms with Crippen molar-refractivity contribution in [1.29, 1.82) is 0 Å². The molecule has 0 radical (unpaired) electrons. The molecule has 1 aromatic rings. The molecule has 78 valence electrons. The number of hydrogen-bond donors (Lipinski definition) is 0.